The summed E-state index contributed by atoms with van der Waals surface area (Å²) >= 11 is 0. The van der Waals surface area contributed by atoms with Crippen molar-refractivity contribution >= 4 is 5.91 Å². The number of rotatable bonds is 4. The van der Waals surface area contributed by atoms with E-state index in [0.717, 1.165) is 31.9 Å². The molecule has 1 aromatic rings. The van der Waals surface area contributed by atoms with Crippen molar-refractivity contribution in [2.24, 2.45) is 0 Å². The summed E-state index contributed by atoms with van der Waals surface area (Å²) < 4.78 is 38.4. The lowest BCUT2D eigenvalue weighted by Gasteiger charge is -2.13. The van der Waals surface area contributed by atoms with Gasteiger partial charge in [-0.1, -0.05) is 12.8 Å². The quantitative estimate of drug-likeness (QED) is 0.892. The Morgan fingerprint density at radius 2 is 2.10 bits per heavy atom. The molecular formula is C13H17F3N2O2. The third-order valence-electron chi connectivity index (χ3n) is 3.45. The van der Waals surface area contributed by atoms with Crippen LogP contribution in [0.3, 0.4) is 0 Å². The predicted molar refractivity (Wildman–Crippen MR) is 65.8 cm³/mol. The topological polar surface area (TPSA) is 54.3 Å². The number of amides is 1. The monoisotopic (exact) mass is 290 g/mol. The largest absolute Gasteiger partial charge is 0.418 e. The molecule has 0 saturated heterocycles. The summed E-state index contributed by atoms with van der Waals surface area (Å²) in [5, 5.41) is 11.9. The van der Waals surface area contributed by atoms with Gasteiger partial charge in [0.05, 0.1) is 0 Å². The molecule has 112 valence electrons. The van der Waals surface area contributed by atoms with Crippen LogP contribution in [-0.2, 0) is 11.3 Å². The van der Waals surface area contributed by atoms with Crippen LogP contribution in [0.25, 0.3) is 0 Å². The van der Waals surface area contributed by atoms with Crippen molar-refractivity contribution in [2.45, 2.75) is 50.6 Å². The Morgan fingerprint density at radius 3 is 2.70 bits per heavy atom. The number of hydrogen-bond donors (Lipinski definition) is 2. The van der Waals surface area contributed by atoms with Gasteiger partial charge in [0.15, 0.2) is 6.10 Å². The number of aromatic nitrogens is 1. The van der Waals surface area contributed by atoms with Crippen molar-refractivity contribution in [1.82, 2.24) is 9.88 Å². The van der Waals surface area contributed by atoms with Crippen LogP contribution in [0.15, 0.2) is 18.5 Å². The minimum absolute atomic E-state index is 0.0406. The number of halogens is 3. The van der Waals surface area contributed by atoms with Crippen LogP contribution in [0.2, 0.25) is 0 Å². The smallest absolute Gasteiger partial charge is 0.379 e. The molecule has 2 rings (SSSR count). The van der Waals surface area contributed by atoms with Gasteiger partial charge in [0.25, 0.3) is 0 Å². The lowest BCUT2D eigenvalue weighted by Crippen LogP contribution is -2.34. The van der Waals surface area contributed by atoms with Crippen LogP contribution in [-0.4, -0.2) is 27.8 Å². The molecule has 2 N–H and O–H groups in total. The third kappa shape index (κ3) is 3.75. The van der Waals surface area contributed by atoms with Crippen LogP contribution in [0.4, 0.5) is 13.2 Å². The molecule has 0 radical (unpaired) electrons. The molecule has 0 spiro atoms. The molecule has 0 aliphatic heterocycles. The van der Waals surface area contributed by atoms with Gasteiger partial charge in [-0.25, -0.2) is 0 Å². The number of alkyl halides is 3. The van der Waals surface area contributed by atoms with Gasteiger partial charge in [-0.15, -0.1) is 0 Å². The average Bonchev–Trinajstić information content (AvgIpc) is 2.98. The molecule has 1 aliphatic carbocycles. The summed E-state index contributed by atoms with van der Waals surface area (Å²) in [5.41, 5.74) is -0.258. The first-order chi connectivity index (χ1) is 9.36. The number of carbonyl (C=O) groups is 1. The fourth-order valence-corrected chi connectivity index (χ4v) is 2.42. The number of aliphatic hydroxyl groups is 1. The molecule has 1 amide bonds. The van der Waals surface area contributed by atoms with Gasteiger partial charge in [0.2, 0.25) is 5.91 Å². The highest BCUT2D eigenvalue weighted by Crippen LogP contribution is 2.32. The fraction of sp³-hybridized carbons (Fsp3) is 0.615. The fourth-order valence-electron chi connectivity index (χ4n) is 2.42. The molecule has 1 fully saturated rings. The molecule has 1 unspecified atom stereocenters. The molecule has 1 heterocycles. The highest BCUT2D eigenvalue weighted by atomic mass is 19.4. The van der Waals surface area contributed by atoms with Crippen LogP contribution in [0, 0.1) is 0 Å². The second-order valence-corrected chi connectivity index (χ2v) is 5.11. The second kappa shape index (κ2) is 5.87. The van der Waals surface area contributed by atoms with Crippen LogP contribution >= 0.6 is 0 Å². The second-order valence-electron chi connectivity index (χ2n) is 5.11. The van der Waals surface area contributed by atoms with Gasteiger partial charge < -0.3 is 15.0 Å². The van der Waals surface area contributed by atoms with E-state index in [1.54, 1.807) is 0 Å². The Hall–Kier alpha value is -1.50. The third-order valence-corrected chi connectivity index (χ3v) is 3.45. The van der Waals surface area contributed by atoms with Crippen LogP contribution in [0.5, 0.6) is 0 Å². The normalized spacial score (nSPS) is 18.2. The lowest BCUT2D eigenvalue weighted by atomic mass is 10.2. The maximum absolute atomic E-state index is 12.3. The Balaban J connectivity index is 1.90. The summed E-state index contributed by atoms with van der Waals surface area (Å²) in [6.45, 7) is -0.0406. The molecule has 1 aliphatic rings. The van der Waals surface area contributed by atoms with E-state index in [-0.39, 0.29) is 24.1 Å². The van der Waals surface area contributed by atoms with Crippen molar-refractivity contribution in [3.8, 4) is 0 Å². The Morgan fingerprint density at radius 1 is 1.45 bits per heavy atom. The van der Waals surface area contributed by atoms with E-state index in [4.69, 9.17) is 5.11 Å². The summed E-state index contributed by atoms with van der Waals surface area (Å²) in [4.78, 5) is 11.7. The molecule has 0 aromatic carbocycles. The number of nitrogens with one attached hydrogen (secondary N) is 1. The average molecular weight is 290 g/mol. The molecule has 1 atom stereocenters. The lowest BCUT2D eigenvalue weighted by molar-refractivity contribution is -0.206. The van der Waals surface area contributed by atoms with E-state index in [0.29, 0.717) is 0 Å². The van der Waals surface area contributed by atoms with E-state index in [9.17, 15) is 18.0 Å². The van der Waals surface area contributed by atoms with Gasteiger partial charge >= 0.3 is 6.18 Å². The van der Waals surface area contributed by atoms with E-state index >= 15 is 0 Å². The molecule has 1 aromatic heterocycles. The zero-order valence-electron chi connectivity index (χ0n) is 10.9. The highest BCUT2D eigenvalue weighted by molar-refractivity contribution is 5.76. The Labute approximate surface area is 114 Å². The maximum Gasteiger partial charge on any atom is 0.418 e. The van der Waals surface area contributed by atoms with Crippen molar-refractivity contribution in [2.75, 3.05) is 0 Å². The zero-order chi connectivity index (χ0) is 14.8. The first-order valence-corrected chi connectivity index (χ1v) is 6.56. The summed E-state index contributed by atoms with van der Waals surface area (Å²) in [7, 11) is 0. The SMILES string of the molecule is O=C(Cn1ccc(C(O)C(F)(F)F)c1)NC1CCCC1. The minimum atomic E-state index is -4.70. The van der Waals surface area contributed by atoms with Crippen LogP contribution < -0.4 is 5.32 Å². The van der Waals surface area contributed by atoms with E-state index < -0.39 is 12.3 Å². The molecule has 1 saturated carbocycles. The maximum atomic E-state index is 12.3. The zero-order valence-corrected chi connectivity index (χ0v) is 10.9. The van der Waals surface area contributed by atoms with E-state index in [1.807, 2.05) is 0 Å². The van der Waals surface area contributed by atoms with Crippen molar-refractivity contribution in [1.29, 1.82) is 0 Å². The van der Waals surface area contributed by atoms with Gasteiger partial charge in [0.1, 0.15) is 6.54 Å². The Bertz CT molecular complexity index is 464. The Kier molecular flexibility index (Phi) is 4.37. The number of aliphatic hydroxyl groups excluding tert-OH is 1. The van der Waals surface area contributed by atoms with Gasteiger partial charge in [-0.05, 0) is 18.9 Å². The molecule has 4 nitrogen and oxygen atoms in total. The molecule has 7 heteroatoms. The number of nitrogens with zero attached hydrogens (tertiary/aromatic N) is 1. The summed E-state index contributed by atoms with van der Waals surface area (Å²) in [6, 6.07) is 1.35. The van der Waals surface area contributed by atoms with Crippen molar-refractivity contribution < 1.29 is 23.1 Å². The van der Waals surface area contributed by atoms with Crippen molar-refractivity contribution in [3.05, 3.63) is 24.0 Å². The van der Waals surface area contributed by atoms with Gasteiger partial charge in [-0.2, -0.15) is 13.2 Å². The van der Waals surface area contributed by atoms with Gasteiger partial charge in [0, 0.05) is 24.0 Å². The first-order valence-electron chi connectivity index (χ1n) is 6.56. The van der Waals surface area contributed by atoms with Crippen LogP contribution in [0.1, 0.15) is 37.4 Å². The number of carbonyl (C=O) groups excluding carboxylic acids is 1. The standard InChI is InChI=1S/C13H17F3N2O2/c14-13(15,16)12(20)9-5-6-18(7-9)8-11(19)17-10-3-1-2-4-10/h5-7,10,12,20H,1-4,8H2,(H,17,19). The minimum Gasteiger partial charge on any atom is -0.379 e. The molecular weight excluding hydrogens is 273 g/mol. The van der Waals surface area contributed by atoms with Gasteiger partial charge in [-0.3, -0.25) is 4.79 Å². The summed E-state index contributed by atoms with van der Waals surface area (Å²) in [5.74, 6) is -0.222. The molecule has 0 bridgehead atoms. The predicted octanol–water partition coefficient (Wildman–Crippen LogP) is 2.14. The summed E-state index contributed by atoms with van der Waals surface area (Å²) in [6.07, 6.45) is -0.609. The number of hydrogen-bond acceptors (Lipinski definition) is 2. The van der Waals surface area contributed by atoms with Crippen molar-refractivity contribution in [3.63, 3.8) is 0 Å². The molecule has 20 heavy (non-hydrogen) atoms. The van der Waals surface area contributed by atoms with E-state index in [2.05, 4.69) is 5.32 Å². The first kappa shape index (κ1) is 14.9. The highest BCUT2D eigenvalue weighted by Gasteiger charge is 2.39. The van der Waals surface area contributed by atoms with E-state index in [1.165, 1.54) is 16.8 Å².